The molecule has 5 N–H and O–H groups in total. The molecule has 0 radical (unpaired) electrons. The van der Waals surface area contributed by atoms with E-state index in [1.54, 1.807) is 49.4 Å². The predicted molar refractivity (Wildman–Crippen MR) is 206 cm³/mol. The maximum atomic E-state index is 13.9. The second-order valence-electron chi connectivity index (χ2n) is 19.6. The van der Waals surface area contributed by atoms with Gasteiger partial charge in [0.25, 0.3) is 0 Å². The molecule has 18 atom stereocenters. The van der Waals surface area contributed by atoms with Crippen LogP contribution in [0.1, 0.15) is 75.2 Å². The highest BCUT2D eigenvalue weighted by Crippen LogP contribution is 2.75. The molecule has 14 nitrogen and oxygen atoms in total. The lowest BCUT2D eigenvalue weighted by Gasteiger charge is -2.74. The number of aliphatic hydroxyl groups is 5. The van der Waals surface area contributed by atoms with Crippen LogP contribution in [0.2, 0.25) is 0 Å². The first-order chi connectivity index (χ1) is 28.6. The number of hydrogen-bond donors (Lipinski definition) is 5. The van der Waals surface area contributed by atoms with Crippen LogP contribution in [0, 0.1) is 35.5 Å². The summed E-state index contributed by atoms with van der Waals surface area (Å²) < 4.78 is 45.8. The van der Waals surface area contributed by atoms with E-state index >= 15 is 0 Å². The van der Waals surface area contributed by atoms with Crippen LogP contribution in [0.3, 0.4) is 0 Å². The summed E-state index contributed by atoms with van der Waals surface area (Å²) in [6.45, 7) is 4.62. The minimum Gasteiger partial charge on any atom is -0.456 e. The quantitative estimate of drug-likeness (QED) is 0.222. The molecule has 4 saturated carbocycles. The van der Waals surface area contributed by atoms with Gasteiger partial charge in [-0.1, -0.05) is 62.4 Å². The fourth-order valence-electron chi connectivity index (χ4n) is 13.6. The number of rotatable bonds is 4. The Morgan fingerprint density at radius 1 is 0.883 bits per heavy atom. The van der Waals surface area contributed by atoms with E-state index in [0.717, 1.165) is 0 Å². The summed E-state index contributed by atoms with van der Waals surface area (Å²) in [7, 11) is 0. The number of hydrogen-bond acceptors (Lipinski definition) is 14. The third-order valence-electron chi connectivity index (χ3n) is 16.5. The summed E-state index contributed by atoms with van der Waals surface area (Å²) in [5.74, 6) is -6.45. The Balaban J connectivity index is 1.04. The summed E-state index contributed by atoms with van der Waals surface area (Å²) in [4.78, 5) is 27.3. The zero-order chi connectivity index (χ0) is 41.8. The van der Waals surface area contributed by atoms with E-state index in [4.69, 9.17) is 33.2 Å². The molecule has 14 heteroatoms. The van der Waals surface area contributed by atoms with Gasteiger partial charge in [-0.2, -0.15) is 0 Å². The van der Waals surface area contributed by atoms with E-state index in [2.05, 4.69) is 0 Å². The largest absolute Gasteiger partial charge is 0.456 e. The maximum Gasteiger partial charge on any atom is 0.338 e. The molecular formula is C46H54O14. The Bertz CT molecular complexity index is 2070. The Kier molecular flexibility index (Phi) is 8.66. The van der Waals surface area contributed by atoms with Crippen LogP contribution in [0.15, 0.2) is 72.8 Å². The van der Waals surface area contributed by atoms with Crippen molar-refractivity contribution in [1.82, 2.24) is 0 Å². The Morgan fingerprint density at radius 3 is 2.27 bits per heavy atom. The topological polar surface area (TPSA) is 206 Å². The average molecular weight is 831 g/mol. The molecule has 11 aliphatic rings. The Morgan fingerprint density at radius 2 is 1.57 bits per heavy atom. The van der Waals surface area contributed by atoms with Gasteiger partial charge in [0.2, 0.25) is 0 Å². The number of carbonyl (C=O) groups is 2. The first kappa shape index (κ1) is 39.6. The van der Waals surface area contributed by atoms with Crippen molar-refractivity contribution in [3.8, 4) is 0 Å². The second kappa shape index (κ2) is 13.1. The van der Waals surface area contributed by atoms with Crippen molar-refractivity contribution in [2.24, 2.45) is 35.5 Å². The smallest absolute Gasteiger partial charge is 0.338 e. The Labute approximate surface area is 347 Å². The summed E-state index contributed by atoms with van der Waals surface area (Å²) in [6.07, 6.45) is -2.24. The van der Waals surface area contributed by atoms with Gasteiger partial charge in [-0.15, -0.1) is 0 Å². The van der Waals surface area contributed by atoms with Crippen LogP contribution in [0.5, 0.6) is 0 Å². The van der Waals surface area contributed by atoms with Crippen molar-refractivity contribution in [1.29, 1.82) is 0 Å². The van der Waals surface area contributed by atoms with E-state index in [9.17, 15) is 35.1 Å². The molecule has 0 unspecified atom stereocenters. The van der Waals surface area contributed by atoms with Crippen molar-refractivity contribution in [3.63, 3.8) is 0 Å². The molecule has 0 aromatic heterocycles. The van der Waals surface area contributed by atoms with Crippen molar-refractivity contribution in [2.75, 3.05) is 6.61 Å². The lowest BCUT2D eigenvalue weighted by atomic mass is 9.49. The van der Waals surface area contributed by atoms with E-state index in [1.165, 1.54) is 6.08 Å². The molecule has 7 heterocycles. The molecule has 0 amide bonds. The van der Waals surface area contributed by atoms with Crippen molar-refractivity contribution >= 4 is 11.9 Å². The lowest BCUT2D eigenvalue weighted by molar-refractivity contribution is -0.595. The van der Waals surface area contributed by atoms with Crippen molar-refractivity contribution in [3.05, 3.63) is 83.9 Å². The normalized spacial score (nSPS) is 53.8. The second-order valence-corrected chi connectivity index (χ2v) is 19.6. The number of esters is 2. The van der Waals surface area contributed by atoms with Gasteiger partial charge in [0.15, 0.2) is 0 Å². The standard InChI is InChI=1S/C46H54O14/c1-23-20-30-43(52)35(23)55-31(48)19-18-29-34(54-29)33(56-39(49)27-10-6-4-7-11-27)26-16-14-25(15-17-26)21-41(3,51)45(53)36-24(2)44(30)32(37-42(22-47,57-37)40(43)50)38(45)59-46(58-36,60-44)28-12-8-5-9-13-28/h4-13,18-19,23-26,29-30,32-38,40,47,50-53H,14-17,20-22H2,1-3H3/b19-18-/t23-,24+,25?,26?,29+,30+,32-,33-,34+,35-,36-,37-,38+,40+,41+,42-,43+,44-,45-,46-/m0/s1. The SMILES string of the molecule is C[C@@H]1[C@@H]2O[C@@]3(c4ccccc4)O[C@@H]4[C@@H]5[C@@H]6O[C@]6(CO)[C@@H](O)[C@@]6(O)[C@@H](C[C@H](C)[C@@H]6OC(=O)/C=C\[C@H]6O[C@H]6[C@@H](OC(=O)c6ccccc6)C6CCC(CC6)C[C@@](C)(O)[C@@]42O)[C@]51O3. The average Bonchev–Trinajstić information content (AvgIpc) is 4.17. The summed E-state index contributed by atoms with van der Waals surface area (Å²) >= 11 is 0. The highest BCUT2D eigenvalue weighted by Gasteiger charge is 2.91. The zero-order valence-corrected chi connectivity index (χ0v) is 33.9. The van der Waals surface area contributed by atoms with Crippen LogP contribution in [-0.4, -0.2) is 121 Å². The van der Waals surface area contributed by atoms with Gasteiger partial charge in [0.05, 0.1) is 23.4 Å². The molecule has 7 aliphatic heterocycles. The van der Waals surface area contributed by atoms with Crippen molar-refractivity contribution in [2.45, 2.75) is 142 Å². The molecule has 5 saturated heterocycles. The fourth-order valence-corrected chi connectivity index (χ4v) is 13.6. The van der Waals surface area contributed by atoms with E-state index in [1.807, 2.05) is 38.1 Å². The van der Waals surface area contributed by atoms with Crippen LogP contribution < -0.4 is 0 Å². The maximum absolute atomic E-state index is 13.9. The molecular weight excluding hydrogens is 776 g/mol. The highest BCUT2D eigenvalue weighted by molar-refractivity contribution is 5.89. The Hall–Kier alpha value is -3.28. The fraction of sp³-hybridized carbons (Fsp3) is 0.652. The van der Waals surface area contributed by atoms with Gasteiger partial charge in [-0.3, -0.25) is 0 Å². The molecule has 2 aromatic rings. The van der Waals surface area contributed by atoms with E-state index in [0.29, 0.717) is 36.8 Å². The van der Waals surface area contributed by atoms with Crippen LogP contribution in [-0.2, 0) is 43.9 Å². The number of fused-ring (bicyclic) bond motifs is 6. The summed E-state index contributed by atoms with van der Waals surface area (Å²) in [6, 6.07) is 17.8. The van der Waals surface area contributed by atoms with Gasteiger partial charge >= 0.3 is 17.9 Å². The summed E-state index contributed by atoms with van der Waals surface area (Å²) in [5.41, 5.74) is -8.42. The number of benzene rings is 2. The molecule has 13 rings (SSSR count). The highest BCUT2D eigenvalue weighted by atomic mass is 16.9. The summed E-state index contributed by atoms with van der Waals surface area (Å²) in [5, 5.41) is 63.4. The molecule has 10 bridgehead atoms. The van der Waals surface area contributed by atoms with Gasteiger partial charge in [0, 0.05) is 29.4 Å². The third-order valence-corrected chi connectivity index (χ3v) is 16.5. The number of carbonyl (C=O) groups excluding carboxylic acids is 2. The van der Waals surface area contributed by atoms with Gasteiger partial charge in [-0.05, 0) is 81.4 Å². The van der Waals surface area contributed by atoms with E-state index < -0.39 is 125 Å². The minimum atomic E-state index is -2.23. The molecule has 2 aromatic carbocycles. The van der Waals surface area contributed by atoms with Gasteiger partial charge in [-0.25, -0.2) is 9.59 Å². The molecule has 9 fully saturated rings. The number of epoxide rings is 2. The lowest BCUT2D eigenvalue weighted by Crippen LogP contribution is -2.89. The first-order valence-electron chi connectivity index (χ1n) is 21.7. The molecule has 4 aliphatic carbocycles. The zero-order valence-electron chi connectivity index (χ0n) is 33.9. The molecule has 60 heavy (non-hydrogen) atoms. The number of aliphatic hydroxyl groups excluding tert-OH is 2. The van der Waals surface area contributed by atoms with Gasteiger partial charge < -0.3 is 58.7 Å². The molecule has 1 spiro atoms. The van der Waals surface area contributed by atoms with Crippen LogP contribution in [0.4, 0.5) is 0 Å². The first-order valence-corrected chi connectivity index (χ1v) is 21.7. The van der Waals surface area contributed by atoms with Gasteiger partial charge in [0.1, 0.15) is 65.6 Å². The molecule has 322 valence electrons. The monoisotopic (exact) mass is 830 g/mol. The van der Waals surface area contributed by atoms with Crippen LogP contribution in [0.25, 0.3) is 0 Å². The predicted octanol–water partition coefficient (Wildman–Crippen LogP) is 2.66. The minimum absolute atomic E-state index is 0.0473. The number of ether oxygens (including phenoxy) is 7. The van der Waals surface area contributed by atoms with E-state index in [-0.39, 0.29) is 24.7 Å². The van der Waals surface area contributed by atoms with Crippen LogP contribution >= 0.6 is 0 Å². The third kappa shape index (κ3) is 5.11. The van der Waals surface area contributed by atoms with Crippen molar-refractivity contribution < 1.29 is 68.3 Å².